The molecule has 1 unspecified atom stereocenters. The minimum atomic E-state index is -0.656. The van der Waals surface area contributed by atoms with E-state index >= 15 is 0 Å². The van der Waals surface area contributed by atoms with Crippen LogP contribution in [0, 0.1) is 0 Å². The van der Waals surface area contributed by atoms with E-state index in [1.807, 2.05) is 0 Å². The van der Waals surface area contributed by atoms with E-state index in [1.54, 1.807) is 17.9 Å². The molecule has 0 bridgehead atoms. The van der Waals surface area contributed by atoms with Gasteiger partial charge in [0.25, 0.3) is 0 Å². The van der Waals surface area contributed by atoms with Gasteiger partial charge in [-0.25, -0.2) is 4.98 Å². The molecule has 0 fully saturated rings. The molecular weight excluding hydrogens is 202 g/mol. The quantitative estimate of drug-likeness (QED) is 0.769. The Balaban J connectivity index is 2.09. The molecule has 0 aliphatic rings. The molecule has 2 aromatic heterocycles. The SMILES string of the molecule is Cn1ncnc1CC(O)c1cnsn1. The highest BCUT2D eigenvalue weighted by Gasteiger charge is 2.13. The third-order valence-corrected chi connectivity index (χ3v) is 2.39. The van der Waals surface area contributed by atoms with Gasteiger partial charge in [-0.1, -0.05) is 0 Å². The van der Waals surface area contributed by atoms with Crippen LogP contribution in [0.25, 0.3) is 0 Å². The number of rotatable bonds is 3. The fourth-order valence-corrected chi connectivity index (χ4v) is 1.57. The van der Waals surface area contributed by atoms with Crippen LogP contribution in [0.4, 0.5) is 0 Å². The van der Waals surface area contributed by atoms with Crippen LogP contribution in [0.1, 0.15) is 17.6 Å². The Hall–Kier alpha value is -1.34. The van der Waals surface area contributed by atoms with Crippen molar-refractivity contribution in [2.45, 2.75) is 12.5 Å². The van der Waals surface area contributed by atoms with E-state index in [0.717, 1.165) is 17.6 Å². The maximum absolute atomic E-state index is 9.73. The number of hydrogen-bond acceptors (Lipinski definition) is 6. The first kappa shape index (κ1) is 9.22. The first-order chi connectivity index (χ1) is 6.77. The summed E-state index contributed by atoms with van der Waals surface area (Å²) in [6, 6.07) is 0. The maximum Gasteiger partial charge on any atom is 0.138 e. The Morgan fingerprint density at radius 1 is 1.64 bits per heavy atom. The van der Waals surface area contributed by atoms with Crippen molar-refractivity contribution >= 4 is 11.7 Å². The smallest absolute Gasteiger partial charge is 0.138 e. The lowest BCUT2D eigenvalue weighted by Gasteiger charge is -2.05. The minimum absolute atomic E-state index is 0.405. The topological polar surface area (TPSA) is 76.7 Å². The molecule has 0 aliphatic carbocycles. The van der Waals surface area contributed by atoms with Gasteiger partial charge in [0.2, 0.25) is 0 Å². The van der Waals surface area contributed by atoms with Crippen LogP contribution in [-0.4, -0.2) is 28.6 Å². The Morgan fingerprint density at radius 2 is 2.50 bits per heavy atom. The lowest BCUT2D eigenvalue weighted by molar-refractivity contribution is 0.170. The molecule has 0 spiro atoms. The summed E-state index contributed by atoms with van der Waals surface area (Å²) in [5.74, 6) is 0.727. The minimum Gasteiger partial charge on any atom is -0.386 e. The Bertz CT molecular complexity index is 398. The molecule has 2 rings (SSSR count). The highest BCUT2D eigenvalue weighted by atomic mass is 32.1. The van der Waals surface area contributed by atoms with E-state index in [2.05, 4.69) is 18.8 Å². The molecule has 74 valence electrons. The number of nitrogens with zero attached hydrogens (tertiary/aromatic N) is 5. The van der Waals surface area contributed by atoms with E-state index in [-0.39, 0.29) is 0 Å². The average molecular weight is 211 g/mol. The van der Waals surface area contributed by atoms with E-state index in [9.17, 15) is 5.11 Å². The van der Waals surface area contributed by atoms with Gasteiger partial charge in [-0.15, -0.1) is 0 Å². The van der Waals surface area contributed by atoms with Crippen LogP contribution < -0.4 is 0 Å². The van der Waals surface area contributed by atoms with Crippen molar-refractivity contribution in [1.82, 2.24) is 23.5 Å². The summed E-state index contributed by atoms with van der Waals surface area (Å²) >= 11 is 1.08. The molecule has 0 saturated heterocycles. The molecule has 0 radical (unpaired) electrons. The molecule has 2 aromatic rings. The zero-order valence-electron chi connectivity index (χ0n) is 7.53. The molecule has 0 amide bonds. The normalized spacial score (nSPS) is 13.0. The van der Waals surface area contributed by atoms with E-state index in [4.69, 9.17) is 0 Å². The molecule has 2 heterocycles. The third kappa shape index (κ3) is 1.78. The lowest BCUT2D eigenvalue weighted by Crippen LogP contribution is -2.07. The molecule has 0 aromatic carbocycles. The number of aromatic nitrogens is 5. The van der Waals surface area contributed by atoms with Crippen molar-refractivity contribution in [2.24, 2.45) is 7.05 Å². The van der Waals surface area contributed by atoms with Gasteiger partial charge >= 0.3 is 0 Å². The highest BCUT2D eigenvalue weighted by Crippen LogP contribution is 2.14. The van der Waals surface area contributed by atoms with Crippen LogP contribution in [0.2, 0.25) is 0 Å². The molecule has 0 aliphatic heterocycles. The van der Waals surface area contributed by atoms with Crippen molar-refractivity contribution in [2.75, 3.05) is 0 Å². The van der Waals surface area contributed by atoms with Crippen LogP contribution >= 0.6 is 11.7 Å². The number of aryl methyl sites for hydroxylation is 1. The third-order valence-electron chi connectivity index (χ3n) is 1.90. The summed E-state index contributed by atoms with van der Waals surface area (Å²) in [4.78, 5) is 4.01. The summed E-state index contributed by atoms with van der Waals surface area (Å²) < 4.78 is 9.40. The van der Waals surface area contributed by atoms with E-state index in [0.29, 0.717) is 12.1 Å². The zero-order chi connectivity index (χ0) is 9.97. The monoisotopic (exact) mass is 211 g/mol. The number of hydrogen-bond donors (Lipinski definition) is 1. The summed E-state index contributed by atoms with van der Waals surface area (Å²) in [6.07, 6.45) is 2.77. The predicted octanol–water partition coefficient (Wildman–Crippen LogP) is -0.0573. The second-order valence-electron chi connectivity index (χ2n) is 2.85. The Morgan fingerprint density at radius 3 is 3.07 bits per heavy atom. The fraction of sp³-hybridized carbons (Fsp3) is 0.429. The first-order valence-electron chi connectivity index (χ1n) is 4.06. The number of aliphatic hydroxyl groups excluding tert-OH is 1. The summed E-state index contributed by atoms with van der Waals surface area (Å²) in [6.45, 7) is 0. The molecule has 1 N–H and O–H groups in total. The van der Waals surface area contributed by atoms with E-state index in [1.165, 1.54) is 6.33 Å². The molecule has 0 saturated carbocycles. The van der Waals surface area contributed by atoms with Crippen LogP contribution in [-0.2, 0) is 13.5 Å². The van der Waals surface area contributed by atoms with Gasteiger partial charge in [0.15, 0.2) is 0 Å². The van der Waals surface area contributed by atoms with Crippen molar-refractivity contribution in [1.29, 1.82) is 0 Å². The maximum atomic E-state index is 9.73. The predicted molar refractivity (Wildman–Crippen MR) is 49.6 cm³/mol. The molecule has 6 nitrogen and oxygen atoms in total. The van der Waals surface area contributed by atoms with Gasteiger partial charge < -0.3 is 5.11 Å². The fourth-order valence-electron chi connectivity index (χ4n) is 1.10. The Kier molecular flexibility index (Phi) is 2.51. The van der Waals surface area contributed by atoms with Gasteiger partial charge in [0.1, 0.15) is 23.9 Å². The second-order valence-corrected chi connectivity index (χ2v) is 3.41. The Labute approximate surface area is 84.6 Å². The number of aliphatic hydroxyl groups is 1. The second kappa shape index (κ2) is 3.81. The zero-order valence-corrected chi connectivity index (χ0v) is 8.35. The lowest BCUT2D eigenvalue weighted by atomic mass is 10.2. The van der Waals surface area contributed by atoms with Gasteiger partial charge in [-0.05, 0) is 0 Å². The van der Waals surface area contributed by atoms with Gasteiger partial charge in [0, 0.05) is 13.5 Å². The van der Waals surface area contributed by atoms with Gasteiger partial charge in [0.05, 0.1) is 17.9 Å². The first-order valence-corrected chi connectivity index (χ1v) is 4.79. The summed E-state index contributed by atoms with van der Waals surface area (Å²) in [7, 11) is 1.79. The molecule has 1 atom stereocenters. The van der Waals surface area contributed by atoms with Crippen molar-refractivity contribution in [3.05, 3.63) is 24.0 Å². The van der Waals surface area contributed by atoms with Gasteiger partial charge in [-0.3, -0.25) is 4.68 Å². The highest BCUT2D eigenvalue weighted by molar-refractivity contribution is 6.99. The summed E-state index contributed by atoms with van der Waals surface area (Å²) in [5, 5.41) is 13.6. The largest absolute Gasteiger partial charge is 0.386 e. The molecule has 14 heavy (non-hydrogen) atoms. The van der Waals surface area contributed by atoms with Crippen LogP contribution in [0.5, 0.6) is 0 Å². The molecular formula is C7H9N5OS. The van der Waals surface area contributed by atoms with Crippen LogP contribution in [0.3, 0.4) is 0 Å². The van der Waals surface area contributed by atoms with Crippen molar-refractivity contribution in [3.63, 3.8) is 0 Å². The molecule has 7 heteroatoms. The summed E-state index contributed by atoms with van der Waals surface area (Å²) in [5.41, 5.74) is 0.581. The standard InChI is InChI=1S/C7H9N5OS/c1-12-7(8-4-9-12)2-6(13)5-3-10-14-11-5/h3-4,6,13H,2H2,1H3. The van der Waals surface area contributed by atoms with Crippen molar-refractivity contribution in [3.8, 4) is 0 Å². The average Bonchev–Trinajstić information content (AvgIpc) is 2.77. The van der Waals surface area contributed by atoms with E-state index < -0.39 is 6.10 Å². The van der Waals surface area contributed by atoms with Crippen molar-refractivity contribution < 1.29 is 5.11 Å². The van der Waals surface area contributed by atoms with Crippen LogP contribution in [0.15, 0.2) is 12.5 Å². The van der Waals surface area contributed by atoms with Gasteiger partial charge in [-0.2, -0.15) is 13.8 Å².